The van der Waals surface area contributed by atoms with Gasteiger partial charge in [0.1, 0.15) is 0 Å². The quantitative estimate of drug-likeness (QED) is 0.842. The third-order valence-corrected chi connectivity index (χ3v) is 5.38. The Labute approximate surface area is 167 Å². The van der Waals surface area contributed by atoms with Gasteiger partial charge in [0.2, 0.25) is 5.91 Å². The number of benzene rings is 1. The molecule has 0 aromatic heterocycles. The van der Waals surface area contributed by atoms with Crippen molar-refractivity contribution in [2.75, 3.05) is 59.9 Å². The molecule has 1 N–H and O–H groups in total. The zero-order chi connectivity index (χ0) is 18.9. The summed E-state index contributed by atoms with van der Waals surface area (Å²) in [6, 6.07) is 5.50. The molecule has 0 aliphatic carbocycles. The van der Waals surface area contributed by atoms with Gasteiger partial charge in [-0.05, 0) is 57.7 Å². The van der Waals surface area contributed by atoms with E-state index >= 15 is 0 Å². The number of likely N-dealkylation sites (N-methyl/N-ethyl adjacent to an activating group) is 1. The Morgan fingerprint density at radius 1 is 1.08 bits per heavy atom. The predicted molar refractivity (Wildman–Crippen MR) is 109 cm³/mol. The number of nitrogens with zero attached hydrogens (tertiary/aromatic N) is 3. The van der Waals surface area contributed by atoms with Crippen molar-refractivity contribution in [3.63, 3.8) is 0 Å². The highest BCUT2D eigenvalue weighted by Crippen LogP contribution is 2.20. The summed E-state index contributed by atoms with van der Waals surface area (Å²) in [4.78, 5) is 18.5. The molecule has 2 heterocycles. The number of hydrogen-bond donors (Lipinski definition) is 1. The predicted octanol–water partition coefficient (Wildman–Crippen LogP) is 2.57. The maximum Gasteiger partial charge on any atom is 0.236 e. The summed E-state index contributed by atoms with van der Waals surface area (Å²) in [5.74, 6) is 0.324. The van der Waals surface area contributed by atoms with Gasteiger partial charge in [-0.1, -0.05) is 29.3 Å². The van der Waals surface area contributed by atoms with Crippen LogP contribution in [0.2, 0.25) is 10.0 Å². The highest BCUT2D eigenvalue weighted by molar-refractivity contribution is 6.35. The van der Waals surface area contributed by atoms with Gasteiger partial charge in [-0.15, -0.1) is 0 Å². The van der Waals surface area contributed by atoms with Gasteiger partial charge in [0.15, 0.2) is 0 Å². The van der Waals surface area contributed by atoms with Crippen LogP contribution >= 0.6 is 23.2 Å². The Morgan fingerprint density at radius 3 is 2.31 bits per heavy atom. The lowest BCUT2D eigenvalue weighted by molar-refractivity contribution is -0.133. The van der Waals surface area contributed by atoms with Crippen LogP contribution in [-0.4, -0.2) is 80.5 Å². The Hall–Kier alpha value is -0.850. The zero-order valence-electron chi connectivity index (χ0n) is 15.8. The van der Waals surface area contributed by atoms with Crippen molar-refractivity contribution in [2.45, 2.75) is 19.4 Å². The van der Waals surface area contributed by atoms with Crippen LogP contribution in [0.25, 0.3) is 0 Å². The topological polar surface area (TPSA) is 38.8 Å². The van der Waals surface area contributed by atoms with Crippen LogP contribution in [0.15, 0.2) is 18.2 Å². The first kappa shape index (κ1) is 21.5. The minimum atomic E-state index is 0.324. The molecule has 2 aliphatic heterocycles. The maximum atomic E-state index is 11.9. The molecule has 7 heteroatoms. The molecule has 2 aliphatic rings. The van der Waals surface area contributed by atoms with Crippen molar-refractivity contribution in [1.82, 2.24) is 20.0 Å². The van der Waals surface area contributed by atoms with E-state index in [0.717, 1.165) is 51.4 Å². The fraction of sp³-hybridized carbons (Fsp3) is 0.632. The van der Waals surface area contributed by atoms with Gasteiger partial charge in [-0.3, -0.25) is 9.69 Å². The van der Waals surface area contributed by atoms with Crippen LogP contribution in [0.4, 0.5) is 0 Å². The second-order valence-electron chi connectivity index (χ2n) is 6.93. The summed E-state index contributed by atoms with van der Waals surface area (Å²) in [6.07, 6.45) is 2.52. The van der Waals surface area contributed by atoms with E-state index in [1.54, 1.807) is 6.07 Å². The highest BCUT2D eigenvalue weighted by atomic mass is 35.5. The SMILES string of the molecule is CN1CCN(C(=O)CN2CCCC2)CC1.CNCc1ccc(Cl)cc1Cl. The molecule has 146 valence electrons. The smallest absolute Gasteiger partial charge is 0.236 e. The molecule has 0 unspecified atom stereocenters. The van der Waals surface area contributed by atoms with Gasteiger partial charge in [-0.25, -0.2) is 0 Å². The molecule has 2 saturated heterocycles. The Morgan fingerprint density at radius 2 is 1.73 bits per heavy atom. The normalized spacial score (nSPS) is 18.5. The number of hydrogen-bond acceptors (Lipinski definition) is 4. The third kappa shape index (κ3) is 7.05. The number of amides is 1. The molecular weight excluding hydrogens is 371 g/mol. The van der Waals surface area contributed by atoms with Crippen molar-refractivity contribution >= 4 is 29.1 Å². The Balaban J connectivity index is 0.000000197. The van der Waals surface area contributed by atoms with E-state index in [1.807, 2.05) is 24.1 Å². The molecule has 0 saturated carbocycles. The number of halogens is 2. The van der Waals surface area contributed by atoms with E-state index in [9.17, 15) is 4.79 Å². The summed E-state index contributed by atoms with van der Waals surface area (Å²) >= 11 is 11.6. The second kappa shape index (κ2) is 11.1. The standard InChI is InChI=1S/C11H21N3O.C8H9Cl2N/c1-12-6-8-14(9-7-12)11(15)10-13-4-2-3-5-13;1-11-5-6-2-3-7(9)4-8(6)10/h2-10H2,1H3;2-4,11H,5H2,1H3. The largest absolute Gasteiger partial charge is 0.339 e. The lowest BCUT2D eigenvalue weighted by Gasteiger charge is -2.33. The minimum absolute atomic E-state index is 0.324. The van der Waals surface area contributed by atoms with E-state index in [-0.39, 0.29) is 0 Å². The molecule has 1 aromatic rings. The zero-order valence-corrected chi connectivity index (χ0v) is 17.3. The summed E-state index contributed by atoms with van der Waals surface area (Å²) < 4.78 is 0. The summed E-state index contributed by atoms with van der Waals surface area (Å²) in [7, 11) is 3.99. The molecule has 2 fully saturated rings. The van der Waals surface area contributed by atoms with Crippen LogP contribution in [0.3, 0.4) is 0 Å². The molecular formula is C19H30Cl2N4O. The van der Waals surface area contributed by atoms with E-state index in [4.69, 9.17) is 23.2 Å². The van der Waals surface area contributed by atoms with E-state index in [2.05, 4.69) is 22.2 Å². The van der Waals surface area contributed by atoms with Crippen LogP contribution < -0.4 is 5.32 Å². The van der Waals surface area contributed by atoms with Gasteiger partial charge in [-0.2, -0.15) is 0 Å². The lowest BCUT2D eigenvalue weighted by atomic mass is 10.2. The van der Waals surface area contributed by atoms with Crippen molar-refractivity contribution < 1.29 is 4.79 Å². The second-order valence-corrected chi connectivity index (χ2v) is 7.78. The molecule has 0 bridgehead atoms. The molecule has 3 rings (SSSR count). The molecule has 1 aromatic carbocycles. The molecule has 26 heavy (non-hydrogen) atoms. The van der Waals surface area contributed by atoms with Gasteiger partial charge < -0.3 is 15.1 Å². The minimum Gasteiger partial charge on any atom is -0.339 e. The first-order valence-electron chi connectivity index (χ1n) is 9.27. The maximum absolute atomic E-state index is 11.9. The first-order chi connectivity index (χ1) is 12.5. The van der Waals surface area contributed by atoms with Crippen molar-refractivity contribution in [3.8, 4) is 0 Å². The summed E-state index contributed by atoms with van der Waals surface area (Å²) in [5.41, 5.74) is 1.07. The van der Waals surface area contributed by atoms with Gasteiger partial charge in [0.05, 0.1) is 6.54 Å². The molecule has 5 nitrogen and oxygen atoms in total. The third-order valence-electron chi connectivity index (χ3n) is 4.80. The lowest BCUT2D eigenvalue weighted by Crippen LogP contribution is -2.49. The van der Waals surface area contributed by atoms with Crippen LogP contribution in [0.1, 0.15) is 18.4 Å². The van der Waals surface area contributed by atoms with Crippen LogP contribution in [0.5, 0.6) is 0 Å². The molecule has 1 amide bonds. The molecule has 0 radical (unpaired) electrons. The fourth-order valence-corrected chi connectivity index (χ4v) is 3.62. The highest BCUT2D eigenvalue weighted by Gasteiger charge is 2.22. The summed E-state index contributed by atoms with van der Waals surface area (Å²) in [6.45, 7) is 7.49. The number of carbonyl (C=O) groups excluding carboxylic acids is 1. The van der Waals surface area contributed by atoms with E-state index in [1.165, 1.54) is 12.8 Å². The number of likely N-dealkylation sites (tertiary alicyclic amines) is 1. The number of piperazine rings is 1. The van der Waals surface area contributed by atoms with Gasteiger partial charge >= 0.3 is 0 Å². The Kier molecular flexibility index (Phi) is 9.16. The fourth-order valence-electron chi connectivity index (χ4n) is 3.14. The van der Waals surface area contributed by atoms with Crippen molar-refractivity contribution in [1.29, 1.82) is 0 Å². The average molecular weight is 401 g/mol. The Bertz CT molecular complexity index is 571. The number of carbonyl (C=O) groups is 1. The average Bonchev–Trinajstić information content (AvgIpc) is 3.12. The van der Waals surface area contributed by atoms with Crippen molar-refractivity contribution in [2.24, 2.45) is 0 Å². The van der Waals surface area contributed by atoms with Gasteiger partial charge in [0, 0.05) is 42.8 Å². The molecule has 0 atom stereocenters. The number of rotatable bonds is 4. The van der Waals surface area contributed by atoms with Crippen LogP contribution in [0, 0.1) is 0 Å². The van der Waals surface area contributed by atoms with E-state index in [0.29, 0.717) is 22.5 Å². The first-order valence-corrected chi connectivity index (χ1v) is 10.0. The molecule has 0 spiro atoms. The monoisotopic (exact) mass is 400 g/mol. The van der Waals surface area contributed by atoms with Crippen molar-refractivity contribution in [3.05, 3.63) is 33.8 Å². The van der Waals surface area contributed by atoms with Gasteiger partial charge in [0.25, 0.3) is 0 Å². The van der Waals surface area contributed by atoms with Crippen LogP contribution in [-0.2, 0) is 11.3 Å². The van der Waals surface area contributed by atoms with E-state index < -0.39 is 0 Å². The number of nitrogens with one attached hydrogen (secondary N) is 1. The summed E-state index contributed by atoms with van der Waals surface area (Å²) in [5, 5.41) is 4.41.